The number of anilines is 4. The minimum Gasteiger partial charge on any atom is -0.341 e. The molecule has 7 aromatic carbocycles. The van der Waals surface area contributed by atoms with Crippen molar-refractivity contribution < 1.29 is 13.2 Å². The molecule has 0 bridgehead atoms. The highest BCUT2D eigenvalue weighted by Crippen LogP contribution is 2.48. The topological polar surface area (TPSA) is 6.48 Å². The summed E-state index contributed by atoms with van der Waals surface area (Å²) in [6.07, 6.45) is -2.77. The molecule has 9 rings (SSSR count). The van der Waals surface area contributed by atoms with E-state index >= 15 is 0 Å². The van der Waals surface area contributed by atoms with Gasteiger partial charge in [0.2, 0.25) is 0 Å². The molecule has 0 aromatic heterocycles. The van der Waals surface area contributed by atoms with E-state index < -0.39 is 11.7 Å². The molecule has 2 nitrogen and oxygen atoms in total. The van der Waals surface area contributed by atoms with Crippen LogP contribution in [0.3, 0.4) is 0 Å². The molecule has 0 spiro atoms. The van der Waals surface area contributed by atoms with Crippen molar-refractivity contribution in [1.29, 1.82) is 0 Å². The number of hydrogen-bond donors (Lipinski definition) is 0. The van der Waals surface area contributed by atoms with Crippen LogP contribution in [0.5, 0.6) is 0 Å². The molecule has 0 saturated carbocycles. The lowest BCUT2D eigenvalue weighted by atomic mass is 9.85. The fraction of sp³-hybridized carbons (Fsp3) is 0.136. The van der Waals surface area contributed by atoms with E-state index in [-0.39, 0.29) is 0 Å². The Bertz CT molecular complexity index is 2400. The first-order valence-corrected chi connectivity index (χ1v) is 16.8. The highest BCUT2D eigenvalue weighted by atomic mass is 19.4. The van der Waals surface area contributed by atoms with Crippen molar-refractivity contribution in [3.8, 4) is 22.3 Å². The molecular weight excluding hydrogens is 613 g/mol. The molecule has 0 atom stereocenters. The van der Waals surface area contributed by atoms with Gasteiger partial charge in [-0.3, -0.25) is 0 Å². The summed E-state index contributed by atoms with van der Waals surface area (Å²) in [6, 6.07) is 45.5. The van der Waals surface area contributed by atoms with Crippen LogP contribution in [0, 0.1) is 6.92 Å². The van der Waals surface area contributed by atoms with E-state index in [1.54, 1.807) is 6.07 Å². The van der Waals surface area contributed by atoms with Gasteiger partial charge < -0.3 is 9.80 Å². The number of rotatable bonds is 4. The van der Waals surface area contributed by atoms with Crippen LogP contribution in [0.15, 0.2) is 133 Å². The average molecular weight is 647 g/mol. The molecule has 0 radical (unpaired) electrons. The molecule has 2 aliphatic rings. The number of nitrogens with zero attached hydrogens (tertiary/aromatic N) is 2. The van der Waals surface area contributed by atoms with Gasteiger partial charge in [-0.1, -0.05) is 90.5 Å². The van der Waals surface area contributed by atoms with Gasteiger partial charge in [0, 0.05) is 35.8 Å². The highest BCUT2D eigenvalue weighted by Gasteiger charge is 2.33. The minimum absolute atomic E-state index is 0.567. The molecule has 0 saturated heterocycles. The molecule has 240 valence electrons. The zero-order chi connectivity index (χ0) is 33.3. The van der Waals surface area contributed by atoms with Crippen LogP contribution >= 0.6 is 0 Å². The predicted octanol–water partition coefficient (Wildman–Crippen LogP) is 12.0. The van der Waals surface area contributed by atoms with E-state index in [0.717, 1.165) is 57.4 Å². The Labute approximate surface area is 283 Å². The molecular formula is C44H33F3N2. The Morgan fingerprint density at radius 1 is 0.490 bits per heavy atom. The van der Waals surface area contributed by atoms with E-state index in [1.807, 2.05) is 12.1 Å². The van der Waals surface area contributed by atoms with Crippen LogP contribution in [0.1, 0.15) is 22.3 Å². The second-order valence-electron chi connectivity index (χ2n) is 13.2. The van der Waals surface area contributed by atoms with Gasteiger partial charge in [0.05, 0.1) is 5.56 Å². The van der Waals surface area contributed by atoms with Crippen molar-refractivity contribution in [3.05, 3.63) is 156 Å². The summed E-state index contributed by atoms with van der Waals surface area (Å²) < 4.78 is 40.6. The predicted molar refractivity (Wildman–Crippen MR) is 196 cm³/mol. The summed E-state index contributed by atoms with van der Waals surface area (Å²) in [6.45, 7) is 3.72. The molecule has 0 fully saturated rings. The Morgan fingerprint density at radius 2 is 0.980 bits per heavy atom. The Balaban J connectivity index is 1.29. The van der Waals surface area contributed by atoms with E-state index in [4.69, 9.17) is 0 Å². The third-order valence-corrected chi connectivity index (χ3v) is 10.3. The first kappa shape index (κ1) is 29.6. The fourth-order valence-corrected chi connectivity index (χ4v) is 8.02. The quantitative estimate of drug-likeness (QED) is 0.176. The van der Waals surface area contributed by atoms with Gasteiger partial charge >= 0.3 is 6.18 Å². The van der Waals surface area contributed by atoms with E-state index in [1.165, 1.54) is 51.0 Å². The molecule has 49 heavy (non-hydrogen) atoms. The van der Waals surface area contributed by atoms with Gasteiger partial charge in [0.15, 0.2) is 0 Å². The largest absolute Gasteiger partial charge is 0.416 e. The summed E-state index contributed by atoms with van der Waals surface area (Å²) >= 11 is 0. The maximum Gasteiger partial charge on any atom is 0.416 e. The molecule has 5 heteroatoms. The number of benzene rings is 7. The van der Waals surface area contributed by atoms with Crippen LogP contribution < -0.4 is 9.80 Å². The van der Waals surface area contributed by atoms with Gasteiger partial charge in [-0.25, -0.2) is 0 Å². The third kappa shape index (κ3) is 4.95. The summed E-state index contributed by atoms with van der Waals surface area (Å²) in [5.74, 6) is 0. The standard InChI is InChI=1S/C44H33F3N2/c1-28-12-18-40-31(24-28)20-22-48(40)34-14-16-36-38(26-34)42(29-8-4-2-5-9-29)37-17-15-35(27-39(37)43(36)30-10-6-3-7-11-30)49-23-21-32-25-33(44(45,46)47)13-19-41(32)49/h2-19,24-27H,20-23H2,1H3. The van der Waals surface area contributed by atoms with Gasteiger partial charge in [-0.05, 0) is 123 Å². The lowest BCUT2D eigenvalue weighted by Gasteiger charge is -2.25. The number of halogens is 3. The van der Waals surface area contributed by atoms with E-state index in [0.29, 0.717) is 13.0 Å². The Morgan fingerprint density at radius 3 is 1.49 bits per heavy atom. The maximum absolute atomic E-state index is 13.5. The van der Waals surface area contributed by atoms with E-state index in [2.05, 4.69) is 120 Å². The summed E-state index contributed by atoms with van der Waals surface area (Å²) in [4.78, 5) is 4.60. The van der Waals surface area contributed by atoms with Crippen LogP contribution in [0.2, 0.25) is 0 Å². The molecule has 0 amide bonds. The Hall–Kier alpha value is -5.55. The smallest absolute Gasteiger partial charge is 0.341 e. The second kappa shape index (κ2) is 11.3. The fourth-order valence-electron chi connectivity index (χ4n) is 8.02. The van der Waals surface area contributed by atoms with Crippen LogP contribution in [0.25, 0.3) is 43.8 Å². The summed E-state index contributed by atoms with van der Waals surface area (Å²) in [7, 11) is 0. The zero-order valence-corrected chi connectivity index (χ0v) is 27.1. The molecule has 0 unspecified atom stereocenters. The zero-order valence-electron chi connectivity index (χ0n) is 27.1. The van der Waals surface area contributed by atoms with Gasteiger partial charge in [-0.15, -0.1) is 0 Å². The minimum atomic E-state index is -4.36. The maximum atomic E-state index is 13.5. The molecule has 7 aromatic rings. The number of aryl methyl sites for hydroxylation is 1. The van der Waals surface area contributed by atoms with Crippen LogP contribution in [-0.2, 0) is 19.0 Å². The van der Waals surface area contributed by atoms with Crippen molar-refractivity contribution in [2.24, 2.45) is 0 Å². The van der Waals surface area contributed by atoms with Crippen molar-refractivity contribution in [3.63, 3.8) is 0 Å². The van der Waals surface area contributed by atoms with Crippen molar-refractivity contribution in [1.82, 2.24) is 0 Å². The Kier molecular flexibility index (Phi) is 6.80. The van der Waals surface area contributed by atoms with Crippen LogP contribution in [-0.4, -0.2) is 13.1 Å². The van der Waals surface area contributed by atoms with Crippen molar-refractivity contribution in [2.45, 2.75) is 25.9 Å². The molecule has 0 aliphatic carbocycles. The normalized spacial score (nSPS) is 14.1. The number of fused-ring (bicyclic) bond motifs is 4. The first-order valence-electron chi connectivity index (χ1n) is 16.8. The van der Waals surface area contributed by atoms with E-state index in [9.17, 15) is 13.2 Å². The van der Waals surface area contributed by atoms with Gasteiger partial charge in [0.25, 0.3) is 0 Å². The SMILES string of the molecule is Cc1ccc2c(c1)CCN2c1ccc2c(-c3ccccc3)c3cc(N4CCc5cc(C(F)(F)F)ccc54)ccc3c(-c3ccccc3)c2c1. The molecule has 0 N–H and O–H groups in total. The second-order valence-corrected chi connectivity index (χ2v) is 13.2. The lowest BCUT2D eigenvalue weighted by Crippen LogP contribution is -2.13. The number of alkyl halides is 3. The molecule has 2 aliphatic heterocycles. The lowest BCUT2D eigenvalue weighted by molar-refractivity contribution is -0.137. The van der Waals surface area contributed by atoms with Crippen molar-refractivity contribution >= 4 is 44.3 Å². The summed E-state index contributed by atoms with van der Waals surface area (Å²) in [5.41, 5.74) is 11.7. The number of hydrogen-bond acceptors (Lipinski definition) is 2. The highest BCUT2D eigenvalue weighted by molar-refractivity contribution is 6.22. The monoisotopic (exact) mass is 646 g/mol. The third-order valence-electron chi connectivity index (χ3n) is 10.3. The molecule has 2 heterocycles. The first-order chi connectivity index (χ1) is 23.8. The van der Waals surface area contributed by atoms with Crippen LogP contribution in [0.4, 0.5) is 35.9 Å². The van der Waals surface area contributed by atoms with Gasteiger partial charge in [-0.2, -0.15) is 13.2 Å². The van der Waals surface area contributed by atoms with Crippen molar-refractivity contribution in [2.75, 3.05) is 22.9 Å². The van der Waals surface area contributed by atoms with Gasteiger partial charge in [0.1, 0.15) is 0 Å². The summed E-state index contributed by atoms with van der Waals surface area (Å²) in [5, 5.41) is 4.61. The average Bonchev–Trinajstić information content (AvgIpc) is 3.74.